The monoisotopic (exact) mass is 1040 g/mol. The van der Waals surface area contributed by atoms with Crippen molar-refractivity contribution in [2.75, 3.05) is 6.61 Å². The number of esters is 1. The Hall–Kier alpha value is -5.28. The summed E-state index contributed by atoms with van der Waals surface area (Å²) in [5.74, 6) is 1.79. The Morgan fingerprint density at radius 1 is 0.539 bits per heavy atom. The number of aliphatic carboxylic acids is 1. The predicted molar refractivity (Wildman–Crippen MR) is 294 cm³/mol. The van der Waals surface area contributed by atoms with Crippen LogP contribution in [-0.2, 0) is 14.3 Å². The van der Waals surface area contributed by atoms with E-state index < -0.39 is 11.9 Å². The van der Waals surface area contributed by atoms with Crippen LogP contribution >= 0.6 is 0 Å². The maximum absolute atomic E-state index is 13.9. The SMILES string of the molecule is C.CCOC(=O)CCC(=O)c1nc2ccccc2n(C2C[C@H]3CCC[C@@H](C2)N3C2CC3CCCC(C3)C2)c1=O.O=C(O)CCC(=NO)c1nc2ccccc2n(C2C[C@H]3CCC[C@@H](C2)N3C2CC3CCCC(C3)C2)c1=O. The molecule has 10 atom stereocenters. The molecule has 4 aromatic rings. The average Bonchev–Trinajstić information content (AvgIpc) is 3.39. The molecule has 4 saturated heterocycles. The first kappa shape index (κ1) is 54.1. The van der Waals surface area contributed by atoms with E-state index in [1.54, 1.807) is 6.92 Å². The molecule has 15 heteroatoms. The van der Waals surface area contributed by atoms with Crippen LogP contribution in [0.3, 0.4) is 0 Å². The molecule has 76 heavy (non-hydrogen) atoms. The molecular formula is C61H83N7O8. The van der Waals surface area contributed by atoms with Crippen molar-refractivity contribution in [3.8, 4) is 0 Å². The molecule has 8 fully saturated rings. The lowest BCUT2D eigenvalue weighted by Crippen LogP contribution is -2.58. The fourth-order valence-corrected chi connectivity index (χ4v) is 16.7. The van der Waals surface area contributed by atoms with Crippen molar-refractivity contribution < 1.29 is 29.4 Å². The standard InChI is InChI=1S/C31H41N3O4.C29H38N4O4.CH4/c1-2-38-29(36)14-13-28(35)30-31(37)34(27-12-4-3-11-26(27)32-30)25-18-22-9-6-10-23(19-25)33(22)24-16-20-7-5-8-21(15-20)17-24;34-27(35)12-11-25(31-37)28-29(36)33(26-10-2-1-9-24(26)30-28)23-16-20-7-4-8-21(17-23)32(20)22-14-18-5-3-6-19(13-18)15-22;/h3-4,11-12,20-25H,2,5-10,13-19H2,1H3;1-2,9-10,18-23,37H,3-8,11-17H2,(H,34,35);1H4/t20?,21?,22-,23+,24?,25?;18?,19?,20-,21+,22?,23?;. The Morgan fingerprint density at radius 3 is 1.39 bits per heavy atom. The lowest BCUT2D eigenvalue weighted by molar-refractivity contribution is -0.143. The number of hydrogen-bond donors (Lipinski definition) is 2. The largest absolute Gasteiger partial charge is 0.481 e. The first-order chi connectivity index (χ1) is 36.5. The Morgan fingerprint density at radius 2 is 0.961 bits per heavy atom. The lowest BCUT2D eigenvalue weighted by Gasteiger charge is -2.55. The summed E-state index contributed by atoms with van der Waals surface area (Å²) in [6.07, 6.45) is 27.4. The maximum Gasteiger partial charge on any atom is 0.306 e. The van der Waals surface area contributed by atoms with Gasteiger partial charge < -0.3 is 24.2 Å². The van der Waals surface area contributed by atoms with Gasteiger partial charge in [0, 0.05) is 61.2 Å². The molecule has 410 valence electrons. The van der Waals surface area contributed by atoms with Crippen LogP contribution in [0.15, 0.2) is 63.3 Å². The zero-order valence-electron chi connectivity index (χ0n) is 44.1. The van der Waals surface area contributed by atoms with Crippen LogP contribution in [0.4, 0.5) is 0 Å². The van der Waals surface area contributed by atoms with E-state index in [2.05, 4.69) is 24.9 Å². The minimum absolute atomic E-state index is 0. The number of hydrogen-bond acceptors (Lipinski definition) is 12. The number of carbonyl (C=O) groups excluding carboxylic acids is 2. The number of aromatic nitrogens is 4. The van der Waals surface area contributed by atoms with Gasteiger partial charge in [0.1, 0.15) is 5.71 Å². The number of oxime groups is 1. The highest BCUT2D eigenvalue weighted by Gasteiger charge is 2.47. The number of piperidine rings is 4. The maximum atomic E-state index is 13.9. The van der Waals surface area contributed by atoms with Crippen LogP contribution < -0.4 is 11.1 Å². The molecular weight excluding hydrogens is 959 g/mol. The summed E-state index contributed by atoms with van der Waals surface area (Å²) in [7, 11) is 0. The van der Waals surface area contributed by atoms with Crippen molar-refractivity contribution in [3.05, 3.63) is 80.6 Å². The number of carboxylic acid groups (broad SMARTS) is 1. The number of rotatable bonds is 13. The number of para-hydroxylation sites is 4. The number of Topliss-reactive ketones (excluding diaryl/α,β-unsaturated/α-hetero) is 1. The molecule has 4 aliphatic heterocycles. The number of ether oxygens (including phenoxy) is 1. The highest BCUT2D eigenvalue weighted by atomic mass is 16.5. The van der Waals surface area contributed by atoms with Crippen molar-refractivity contribution in [1.29, 1.82) is 0 Å². The summed E-state index contributed by atoms with van der Waals surface area (Å²) in [5, 5.41) is 22.1. The van der Waals surface area contributed by atoms with E-state index in [-0.39, 0.29) is 85.8 Å². The van der Waals surface area contributed by atoms with Crippen molar-refractivity contribution in [2.45, 2.75) is 230 Å². The summed E-state index contributed by atoms with van der Waals surface area (Å²) in [6.45, 7) is 2.02. The van der Waals surface area contributed by atoms with Crippen molar-refractivity contribution in [3.63, 3.8) is 0 Å². The van der Waals surface area contributed by atoms with Crippen LogP contribution in [0.1, 0.15) is 210 Å². The van der Waals surface area contributed by atoms with Crippen molar-refractivity contribution in [1.82, 2.24) is 28.9 Å². The lowest BCUT2D eigenvalue weighted by atomic mass is 9.68. The van der Waals surface area contributed by atoms with Gasteiger partial charge in [-0.15, -0.1) is 0 Å². The Balaban J connectivity index is 0.000000171. The topological polar surface area (TPSA) is 190 Å². The number of fused-ring (bicyclic) bond motifs is 10. The molecule has 4 aliphatic carbocycles. The Bertz CT molecular complexity index is 2850. The summed E-state index contributed by atoms with van der Waals surface area (Å²) >= 11 is 0. The van der Waals surface area contributed by atoms with Gasteiger partial charge in [-0.2, -0.15) is 0 Å². The van der Waals surface area contributed by atoms with E-state index in [0.717, 1.165) is 60.4 Å². The number of carbonyl (C=O) groups is 3. The molecule has 2 N–H and O–H groups in total. The summed E-state index contributed by atoms with van der Waals surface area (Å²) in [5.41, 5.74) is 2.43. The normalized spacial score (nSPS) is 31.4. The van der Waals surface area contributed by atoms with Crippen molar-refractivity contribution in [2.24, 2.45) is 28.8 Å². The predicted octanol–water partition coefficient (Wildman–Crippen LogP) is 11.1. The number of benzene rings is 2. The average molecular weight is 1040 g/mol. The molecule has 0 spiro atoms. The van der Waals surface area contributed by atoms with Gasteiger partial charge >= 0.3 is 11.9 Å². The smallest absolute Gasteiger partial charge is 0.306 e. The minimum atomic E-state index is -1.01. The van der Waals surface area contributed by atoms with Gasteiger partial charge in [-0.1, -0.05) is 88.2 Å². The molecule has 0 amide bonds. The van der Waals surface area contributed by atoms with Crippen LogP contribution in [0.2, 0.25) is 0 Å². The van der Waals surface area contributed by atoms with Gasteiger partial charge in [0.05, 0.1) is 41.5 Å². The molecule has 4 saturated carbocycles. The molecule has 8 bridgehead atoms. The van der Waals surface area contributed by atoms with Crippen LogP contribution in [0, 0.1) is 23.7 Å². The highest BCUT2D eigenvalue weighted by molar-refractivity contribution is 6.00. The molecule has 8 aliphatic rings. The second kappa shape index (κ2) is 23.8. The number of nitrogens with zero attached hydrogens (tertiary/aromatic N) is 7. The van der Waals surface area contributed by atoms with Gasteiger partial charge in [0.25, 0.3) is 11.1 Å². The quantitative estimate of drug-likeness (QED) is 0.0424. The van der Waals surface area contributed by atoms with E-state index >= 15 is 0 Å². The molecule has 2 aromatic heterocycles. The summed E-state index contributed by atoms with van der Waals surface area (Å²) in [4.78, 5) is 78.7. The third-order valence-corrected chi connectivity index (χ3v) is 19.5. The third kappa shape index (κ3) is 11.2. The molecule has 0 radical (unpaired) electrons. The summed E-state index contributed by atoms with van der Waals surface area (Å²) < 4.78 is 8.75. The Labute approximate surface area is 447 Å². The first-order valence-corrected chi connectivity index (χ1v) is 29.2. The second-order valence-corrected chi connectivity index (χ2v) is 24.1. The van der Waals surface area contributed by atoms with E-state index in [4.69, 9.17) is 9.84 Å². The van der Waals surface area contributed by atoms with Gasteiger partial charge in [0.15, 0.2) is 17.2 Å². The zero-order valence-corrected chi connectivity index (χ0v) is 44.1. The fraction of sp³-hybridized carbons (Fsp3) is 0.672. The van der Waals surface area contributed by atoms with E-state index in [1.807, 2.05) is 57.7 Å². The molecule has 12 rings (SSSR count). The molecule has 6 heterocycles. The van der Waals surface area contributed by atoms with E-state index in [9.17, 15) is 29.2 Å². The van der Waals surface area contributed by atoms with E-state index in [0.29, 0.717) is 47.3 Å². The van der Waals surface area contributed by atoms with Gasteiger partial charge in [0.2, 0.25) is 0 Å². The summed E-state index contributed by atoms with van der Waals surface area (Å²) in [6, 6.07) is 18.8. The second-order valence-electron chi connectivity index (χ2n) is 24.1. The Kier molecular flexibility index (Phi) is 16.9. The zero-order chi connectivity index (χ0) is 51.7. The molecule has 15 nitrogen and oxygen atoms in total. The van der Waals surface area contributed by atoms with Gasteiger partial charge in [-0.25, -0.2) is 9.97 Å². The van der Waals surface area contributed by atoms with Crippen LogP contribution in [0.5, 0.6) is 0 Å². The van der Waals surface area contributed by atoms with Crippen molar-refractivity contribution >= 4 is 45.5 Å². The van der Waals surface area contributed by atoms with E-state index in [1.165, 1.54) is 116 Å². The first-order valence-electron chi connectivity index (χ1n) is 29.2. The minimum Gasteiger partial charge on any atom is -0.481 e. The molecule has 6 unspecified atom stereocenters. The van der Waals surface area contributed by atoms with Crippen LogP contribution in [0.25, 0.3) is 22.1 Å². The number of ketones is 1. The third-order valence-electron chi connectivity index (χ3n) is 19.5. The fourth-order valence-electron chi connectivity index (χ4n) is 16.7. The molecule has 2 aromatic carbocycles. The van der Waals surface area contributed by atoms with Gasteiger partial charge in [-0.05, 0) is 145 Å². The highest BCUT2D eigenvalue weighted by Crippen LogP contribution is 2.49. The van der Waals surface area contributed by atoms with Gasteiger partial charge in [-0.3, -0.25) is 33.8 Å². The van der Waals surface area contributed by atoms with Crippen LogP contribution in [-0.4, -0.2) is 106 Å². The number of carboxylic acids is 1.